The van der Waals surface area contributed by atoms with E-state index in [1.165, 1.54) is 0 Å². The number of nitrogen functional groups attached to an aromatic ring is 1. The molecule has 1 atom stereocenters. The Balaban J connectivity index is 1.92. The number of amides is 1. The number of aryl methyl sites for hydroxylation is 1. The number of carbonyl (C=O) groups excluding carboxylic acids is 1. The van der Waals surface area contributed by atoms with Crippen LogP contribution in [0.5, 0.6) is 5.75 Å². The summed E-state index contributed by atoms with van der Waals surface area (Å²) in [4.78, 5) is 12.5. The summed E-state index contributed by atoms with van der Waals surface area (Å²) in [5.74, 6) is 0.686. The maximum absolute atomic E-state index is 12.5. The van der Waals surface area contributed by atoms with Gasteiger partial charge < -0.3 is 20.4 Å². The number of fused-ring (bicyclic) bond motifs is 1. The van der Waals surface area contributed by atoms with E-state index in [4.69, 9.17) is 10.5 Å². The van der Waals surface area contributed by atoms with Gasteiger partial charge in [0, 0.05) is 30.9 Å². The van der Waals surface area contributed by atoms with Crippen molar-refractivity contribution in [2.75, 3.05) is 5.73 Å². The van der Waals surface area contributed by atoms with Crippen LogP contribution < -0.4 is 15.8 Å². The number of carbonyl (C=O) groups is 1. The van der Waals surface area contributed by atoms with Crippen molar-refractivity contribution < 1.29 is 9.53 Å². The first-order valence-corrected chi connectivity index (χ1v) is 7.36. The monoisotopic (exact) mass is 299 g/mol. The van der Waals surface area contributed by atoms with Gasteiger partial charge in [-0.25, -0.2) is 0 Å². The molecule has 5 nitrogen and oxygen atoms in total. The van der Waals surface area contributed by atoms with Crippen LogP contribution >= 0.6 is 0 Å². The molecule has 1 aromatic heterocycles. The molecule has 1 aliphatic heterocycles. The first kappa shape index (κ1) is 14.5. The molecule has 0 radical (unpaired) electrons. The molecule has 0 saturated heterocycles. The fourth-order valence-corrected chi connectivity index (χ4v) is 2.93. The van der Waals surface area contributed by atoms with E-state index in [0.717, 1.165) is 11.3 Å². The molecule has 5 heteroatoms. The fourth-order valence-electron chi connectivity index (χ4n) is 2.93. The van der Waals surface area contributed by atoms with Gasteiger partial charge in [0.25, 0.3) is 5.91 Å². The van der Waals surface area contributed by atoms with E-state index in [2.05, 4.69) is 5.32 Å². The normalized spacial score (nSPS) is 19.1. The number of ether oxygens (including phenoxy) is 1. The molecule has 0 spiro atoms. The quantitative estimate of drug-likeness (QED) is 0.838. The Morgan fingerprint density at radius 2 is 2.18 bits per heavy atom. The molecule has 1 amide bonds. The average molecular weight is 299 g/mol. The Kier molecular flexibility index (Phi) is 3.35. The van der Waals surface area contributed by atoms with Gasteiger partial charge in [-0.15, -0.1) is 0 Å². The highest BCUT2D eigenvalue weighted by atomic mass is 16.5. The molecule has 2 aromatic rings. The Hall–Kier alpha value is -2.43. The summed E-state index contributed by atoms with van der Waals surface area (Å²) in [6, 6.07) is 9.10. The lowest BCUT2D eigenvalue weighted by Crippen LogP contribution is -2.41. The van der Waals surface area contributed by atoms with Crippen LogP contribution in [0.1, 0.15) is 42.4 Å². The molecule has 1 aliphatic rings. The summed E-state index contributed by atoms with van der Waals surface area (Å²) in [6.07, 6.45) is 2.55. The molecule has 3 rings (SSSR count). The van der Waals surface area contributed by atoms with E-state index in [1.807, 2.05) is 51.4 Å². The fraction of sp³-hybridized carbons (Fsp3) is 0.353. The van der Waals surface area contributed by atoms with Crippen molar-refractivity contribution in [3.63, 3.8) is 0 Å². The molecule has 1 aromatic carbocycles. The van der Waals surface area contributed by atoms with Crippen molar-refractivity contribution in [1.29, 1.82) is 0 Å². The largest absolute Gasteiger partial charge is 0.487 e. The topological polar surface area (TPSA) is 69.3 Å². The smallest absolute Gasteiger partial charge is 0.268 e. The van der Waals surface area contributed by atoms with Gasteiger partial charge in [-0.2, -0.15) is 0 Å². The first-order valence-electron chi connectivity index (χ1n) is 7.36. The standard InChI is InChI=1S/C17H21N3O2/c1-17(2)10-13(12-9-11(18)6-7-15(12)22-17)19-16(21)14-5-4-8-20(14)3/h4-9,13H,10,18H2,1-3H3,(H,19,21). The molecule has 22 heavy (non-hydrogen) atoms. The number of benzene rings is 1. The van der Waals surface area contributed by atoms with Crippen LogP contribution in [0.4, 0.5) is 5.69 Å². The van der Waals surface area contributed by atoms with Gasteiger partial charge in [-0.05, 0) is 44.2 Å². The van der Waals surface area contributed by atoms with Gasteiger partial charge in [0.2, 0.25) is 0 Å². The third-order valence-electron chi connectivity index (χ3n) is 3.97. The number of nitrogens with zero attached hydrogens (tertiary/aromatic N) is 1. The average Bonchev–Trinajstić information content (AvgIpc) is 2.85. The molecule has 0 aliphatic carbocycles. The van der Waals surface area contributed by atoms with Crippen molar-refractivity contribution in [3.05, 3.63) is 47.8 Å². The zero-order valence-electron chi connectivity index (χ0n) is 13.1. The summed E-state index contributed by atoms with van der Waals surface area (Å²) in [5, 5.41) is 3.11. The summed E-state index contributed by atoms with van der Waals surface area (Å²) >= 11 is 0. The summed E-state index contributed by atoms with van der Waals surface area (Å²) < 4.78 is 7.79. The third kappa shape index (κ3) is 2.66. The van der Waals surface area contributed by atoms with Gasteiger partial charge in [-0.1, -0.05) is 0 Å². The van der Waals surface area contributed by atoms with Crippen LogP contribution in [0.3, 0.4) is 0 Å². The van der Waals surface area contributed by atoms with Gasteiger partial charge in [-0.3, -0.25) is 4.79 Å². The predicted molar refractivity (Wildman–Crippen MR) is 85.8 cm³/mol. The number of rotatable bonds is 2. The van der Waals surface area contributed by atoms with Crippen molar-refractivity contribution in [3.8, 4) is 5.75 Å². The third-order valence-corrected chi connectivity index (χ3v) is 3.97. The SMILES string of the molecule is Cn1cccc1C(=O)NC1CC(C)(C)Oc2ccc(N)cc21. The zero-order chi connectivity index (χ0) is 15.9. The second-order valence-electron chi connectivity index (χ2n) is 6.39. The molecule has 2 heterocycles. The van der Waals surface area contributed by atoms with Gasteiger partial charge in [0.05, 0.1) is 6.04 Å². The molecule has 3 N–H and O–H groups in total. The van der Waals surface area contributed by atoms with Crippen molar-refractivity contribution >= 4 is 11.6 Å². The van der Waals surface area contributed by atoms with Crippen molar-refractivity contribution in [2.45, 2.75) is 31.9 Å². The van der Waals surface area contributed by atoms with E-state index >= 15 is 0 Å². The molecule has 0 saturated carbocycles. The highest BCUT2D eigenvalue weighted by Crippen LogP contribution is 2.40. The Bertz CT molecular complexity index is 718. The van der Waals surface area contributed by atoms with Crippen LogP contribution in [0.15, 0.2) is 36.5 Å². The minimum atomic E-state index is -0.338. The number of nitrogens with two attached hydrogens (primary N) is 1. The molecule has 0 fully saturated rings. The number of anilines is 1. The van der Waals surface area contributed by atoms with Crippen molar-refractivity contribution in [2.24, 2.45) is 7.05 Å². The second-order valence-corrected chi connectivity index (χ2v) is 6.39. The predicted octanol–water partition coefficient (Wildman–Crippen LogP) is 2.64. The number of aromatic nitrogens is 1. The van der Waals surface area contributed by atoms with Crippen LogP contribution in [-0.4, -0.2) is 16.1 Å². The van der Waals surface area contributed by atoms with Crippen LogP contribution in [0, 0.1) is 0 Å². The molecule has 0 bridgehead atoms. The lowest BCUT2D eigenvalue weighted by atomic mass is 9.89. The summed E-state index contributed by atoms with van der Waals surface area (Å²) in [5.41, 5.74) is 7.78. The second kappa shape index (κ2) is 5.09. The lowest BCUT2D eigenvalue weighted by molar-refractivity contribution is 0.0618. The number of hydrogen-bond donors (Lipinski definition) is 2. The van der Waals surface area contributed by atoms with E-state index in [9.17, 15) is 4.79 Å². The van der Waals surface area contributed by atoms with E-state index < -0.39 is 0 Å². The number of hydrogen-bond acceptors (Lipinski definition) is 3. The molecule has 1 unspecified atom stereocenters. The summed E-state index contributed by atoms with van der Waals surface area (Å²) in [6.45, 7) is 4.04. The van der Waals surface area contributed by atoms with Crippen molar-refractivity contribution in [1.82, 2.24) is 9.88 Å². The minimum absolute atomic E-state index is 0.0939. The zero-order valence-corrected chi connectivity index (χ0v) is 13.1. The highest BCUT2D eigenvalue weighted by molar-refractivity contribution is 5.93. The highest BCUT2D eigenvalue weighted by Gasteiger charge is 2.34. The lowest BCUT2D eigenvalue weighted by Gasteiger charge is -2.38. The number of nitrogens with one attached hydrogen (secondary N) is 1. The van der Waals surface area contributed by atoms with E-state index in [1.54, 1.807) is 10.6 Å². The summed E-state index contributed by atoms with van der Waals surface area (Å²) in [7, 11) is 1.86. The molecular weight excluding hydrogens is 278 g/mol. The van der Waals surface area contributed by atoms with Crippen LogP contribution in [-0.2, 0) is 7.05 Å². The Labute approximate surface area is 130 Å². The Morgan fingerprint density at radius 1 is 1.41 bits per heavy atom. The van der Waals surface area contributed by atoms with E-state index in [0.29, 0.717) is 17.8 Å². The first-order chi connectivity index (χ1) is 10.4. The maximum atomic E-state index is 12.5. The Morgan fingerprint density at radius 3 is 2.86 bits per heavy atom. The van der Waals surface area contributed by atoms with E-state index in [-0.39, 0.29) is 17.6 Å². The van der Waals surface area contributed by atoms with Crippen LogP contribution in [0.25, 0.3) is 0 Å². The minimum Gasteiger partial charge on any atom is -0.487 e. The molecular formula is C17H21N3O2. The maximum Gasteiger partial charge on any atom is 0.268 e. The van der Waals surface area contributed by atoms with Gasteiger partial charge in [0.1, 0.15) is 17.0 Å². The van der Waals surface area contributed by atoms with Crippen LogP contribution in [0.2, 0.25) is 0 Å². The van der Waals surface area contributed by atoms with Gasteiger partial charge >= 0.3 is 0 Å². The molecule has 116 valence electrons. The van der Waals surface area contributed by atoms with Gasteiger partial charge in [0.15, 0.2) is 0 Å².